The van der Waals surface area contributed by atoms with Crippen LogP contribution in [-0.2, 0) is 0 Å². The maximum absolute atomic E-state index is 12.7. The van der Waals surface area contributed by atoms with Gasteiger partial charge in [-0.3, -0.25) is 4.79 Å². The molecule has 0 saturated carbocycles. The number of hydrogen-bond donors (Lipinski definition) is 2. The van der Waals surface area contributed by atoms with E-state index in [-0.39, 0.29) is 0 Å². The van der Waals surface area contributed by atoms with Crippen LogP contribution in [0.5, 0.6) is 5.75 Å². The summed E-state index contributed by atoms with van der Waals surface area (Å²) in [6.07, 6.45) is 0. The molecule has 1 atom stereocenters. The Kier molecular flexibility index (Phi) is 4.41. The molecule has 9 nitrogen and oxygen atoms in total. The van der Waals surface area contributed by atoms with Crippen molar-refractivity contribution in [2.24, 2.45) is 0 Å². The molecule has 5 rings (SSSR count). The second-order valence-electron chi connectivity index (χ2n) is 6.57. The highest BCUT2D eigenvalue weighted by atomic mass is 35.5. The Morgan fingerprint density at radius 2 is 2.03 bits per heavy atom. The van der Waals surface area contributed by atoms with E-state index in [1.165, 1.54) is 0 Å². The third kappa shape index (κ3) is 2.90. The topological polar surface area (TPSA) is 111 Å². The SMILES string of the molecule is COc1cccc(C2c3c(-c4ccc(Cl)cc4Cl)n[nH]c(=O)c3Nc3nnnn32)c1. The molecular formula is C19H13Cl2N7O2. The lowest BCUT2D eigenvalue weighted by Gasteiger charge is -2.28. The normalized spacial score (nSPS) is 14.6. The van der Waals surface area contributed by atoms with Crippen LogP contribution in [0.3, 0.4) is 0 Å². The minimum absolute atomic E-state index is 0.293. The van der Waals surface area contributed by atoms with Crippen LogP contribution in [0.1, 0.15) is 17.2 Å². The summed E-state index contributed by atoms with van der Waals surface area (Å²) in [5, 5.41) is 22.6. The summed E-state index contributed by atoms with van der Waals surface area (Å²) >= 11 is 12.5. The van der Waals surface area contributed by atoms with Crippen molar-refractivity contribution in [1.29, 1.82) is 0 Å². The lowest BCUT2D eigenvalue weighted by molar-refractivity contribution is 0.413. The molecule has 4 aromatic rings. The number of nitrogens with one attached hydrogen (secondary N) is 2. The number of benzene rings is 2. The molecule has 11 heteroatoms. The molecule has 1 unspecified atom stereocenters. The van der Waals surface area contributed by atoms with Crippen LogP contribution in [0.15, 0.2) is 47.3 Å². The molecule has 0 radical (unpaired) electrons. The highest BCUT2D eigenvalue weighted by Crippen LogP contribution is 2.43. The number of anilines is 2. The van der Waals surface area contributed by atoms with E-state index in [0.717, 1.165) is 5.56 Å². The summed E-state index contributed by atoms with van der Waals surface area (Å²) in [7, 11) is 1.59. The molecule has 0 spiro atoms. The first kappa shape index (κ1) is 18.6. The van der Waals surface area contributed by atoms with Gasteiger partial charge < -0.3 is 10.1 Å². The average molecular weight is 442 g/mol. The molecule has 2 aromatic heterocycles. The Hall–Kier alpha value is -3.43. The number of halogens is 2. The van der Waals surface area contributed by atoms with Gasteiger partial charge in [0.05, 0.1) is 12.1 Å². The van der Waals surface area contributed by atoms with Crippen LogP contribution in [-0.4, -0.2) is 37.5 Å². The Morgan fingerprint density at radius 1 is 1.17 bits per heavy atom. The van der Waals surface area contributed by atoms with E-state index in [1.54, 1.807) is 30.0 Å². The van der Waals surface area contributed by atoms with Crippen molar-refractivity contribution in [3.8, 4) is 17.0 Å². The number of ether oxygens (including phenoxy) is 1. The average Bonchev–Trinajstić information content (AvgIpc) is 3.22. The molecule has 0 fully saturated rings. The molecule has 2 aromatic carbocycles. The zero-order chi connectivity index (χ0) is 20.8. The second kappa shape index (κ2) is 7.12. The molecule has 1 aliphatic heterocycles. The Morgan fingerprint density at radius 3 is 2.83 bits per heavy atom. The summed E-state index contributed by atoms with van der Waals surface area (Å²) in [5.41, 5.74) is 2.37. The number of hydrogen-bond acceptors (Lipinski definition) is 7. The fraction of sp³-hybridized carbons (Fsp3) is 0.105. The van der Waals surface area contributed by atoms with E-state index < -0.39 is 11.6 Å². The van der Waals surface area contributed by atoms with Gasteiger partial charge in [0.1, 0.15) is 23.2 Å². The van der Waals surface area contributed by atoms with Gasteiger partial charge in [0, 0.05) is 16.1 Å². The predicted molar refractivity (Wildman–Crippen MR) is 112 cm³/mol. The van der Waals surface area contributed by atoms with Crippen LogP contribution in [0, 0.1) is 0 Å². The Labute approximate surface area is 179 Å². The quantitative estimate of drug-likeness (QED) is 0.441. The van der Waals surface area contributed by atoms with Gasteiger partial charge in [0.2, 0.25) is 5.95 Å². The number of aromatic amines is 1. The van der Waals surface area contributed by atoms with Crippen molar-refractivity contribution in [1.82, 2.24) is 30.4 Å². The first-order valence-corrected chi connectivity index (χ1v) is 9.59. The van der Waals surface area contributed by atoms with Crippen LogP contribution in [0.2, 0.25) is 10.0 Å². The van der Waals surface area contributed by atoms with E-state index in [0.29, 0.717) is 44.3 Å². The first-order chi connectivity index (χ1) is 14.6. The number of tetrazole rings is 1. The van der Waals surface area contributed by atoms with Gasteiger partial charge in [-0.1, -0.05) is 40.4 Å². The molecule has 0 bridgehead atoms. The number of H-pyrrole nitrogens is 1. The molecule has 1 aliphatic rings. The summed E-state index contributed by atoms with van der Waals surface area (Å²) in [6, 6.07) is 12.0. The monoisotopic (exact) mass is 441 g/mol. The number of methoxy groups -OCH3 is 1. The van der Waals surface area contributed by atoms with Crippen LogP contribution in [0.25, 0.3) is 11.3 Å². The van der Waals surface area contributed by atoms with E-state index in [1.807, 2.05) is 24.3 Å². The molecule has 2 N–H and O–H groups in total. The van der Waals surface area contributed by atoms with Crippen LogP contribution < -0.4 is 15.6 Å². The van der Waals surface area contributed by atoms with Crippen LogP contribution in [0.4, 0.5) is 11.6 Å². The van der Waals surface area contributed by atoms with Crippen molar-refractivity contribution in [2.75, 3.05) is 12.4 Å². The predicted octanol–water partition coefficient (Wildman–Crippen LogP) is 3.43. The molecule has 0 saturated heterocycles. The van der Waals surface area contributed by atoms with Gasteiger partial charge in [-0.15, -0.1) is 0 Å². The van der Waals surface area contributed by atoms with Gasteiger partial charge in [0.15, 0.2) is 0 Å². The van der Waals surface area contributed by atoms with Gasteiger partial charge >= 0.3 is 0 Å². The van der Waals surface area contributed by atoms with E-state index >= 15 is 0 Å². The number of aromatic nitrogens is 6. The number of rotatable bonds is 3. The number of nitrogens with zero attached hydrogens (tertiary/aromatic N) is 5. The summed E-state index contributed by atoms with van der Waals surface area (Å²) < 4.78 is 6.97. The second-order valence-corrected chi connectivity index (χ2v) is 7.41. The van der Waals surface area contributed by atoms with Gasteiger partial charge in [-0.25, -0.2) is 5.10 Å². The zero-order valence-electron chi connectivity index (χ0n) is 15.4. The molecule has 0 aliphatic carbocycles. The van der Waals surface area contributed by atoms with Gasteiger partial charge in [0.25, 0.3) is 5.56 Å². The fourth-order valence-electron chi connectivity index (χ4n) is 3.54. The lowest BCUT2D eigenvalue weighted by atomic mass is 9.92. The van der Waals surface area contributed by atoms with E-state index in [2.05, 4.69) is 31.0 Å². The van der Waals surface area contributed by atoms with Crippen molar-refractivity contribution in [3.05, 3.63) is 74.0 Å². The largest absolute Gasteiger partial charge is 0.497 e. The third-order valence-electron chi connectivity index (χ3n) is 4.86. The van der Waals surface area contributed by atoms with Crippen LogP contribution >= 0.6 is 23.2 Å². The highest BCUT2D eigenvalue weighted by molar-refractivity contribution is 6.36. The highest BCUT2D eigenvalue weighted by Gasteiger charge is 2.34. The molecule has 150 valence electrons. The molecule has 30 heavy (non-hydrogen) atoms. The summed E-state index contributed by atoms with van der Waals surface area (Å²) in [6.45, 7) is 0. The molecule has 3 heterocycles. The standard InChI is InChI=1S/C19H13Cl2N7O2/c1-30-11-4-2-3-9(7-11)17-14-15(12-6-5-10(20)8-13(12)21)23-24-18(29)16(14)22-19-25-26-27-28(17)19/h2-8,17H,1H3,(H,24,29)(H,22,25,27). The van der Waals surface area contributed by atoms with Crippen molar-refractivity contribution >= 4 is 34.8 Å². The maximum atomic E-state index is 12.7. The van der Waals surface area contributed by atoms with E-state index in [9.17, 15) is 4.79 Å². The van der Waals surface area contributed by atoms with E-state index in [4.69, 9.17) is 27.9 Å². The minimum Gasteiger partial charge on any atom is -0.497 e. The maximum Gasteiger partial charge on any atom is 0.288 e. The zero-order valence-corrected chi connectivity index (χ0v) is 16.9. The van der Waals surface area contributed by atoms with Gasteiger partial charge in [-0.2, -0.15) is 9.78 Å². The minimum atomic E-state index is -0.544. The van der Waals surface area contributed by atoms with Gasteiger partial charge in [-0.05, 0) is 46.3 Å². The smallest absolute Gasteiger partial charge is 0.288 e. The number of fused-ring (bicyclic) bond motifs is 2. The third-order valence-corrected chi connectivity index (χ3v) is 5.41. The lowest BCUT2D eigenvalue weighted by Crippen LogP contribution is -2.29. The van der Waals surface area contributed by atoms with Crippen molar-refractivity contribution < 1.29 is 4.74 Å². The van der Waals surface area contributed by atoms with Crippen molar-refractivity contribution in [2.45, 2.75) is 6.04 Å². The molecule has 0 amide bonds. The van der Waals surface area contributed by atoms with Crippen molar-refractivity contribution in [3.63, 3.8) is 0 Å². The molecular weight excluding hydrogens is 429 g/mol. The summed E-state index contributed by atoms with van der Waals surface area (Å²) in [4.78, 5) is 12.7. The first-order valence-electron chi connectivity index (χ1n) is 8.83. The summed E-state index contributed by atoms with van der Waals surface area (Å²) in [5.74, 6) is 0.992. The Balaban J connectivity index is 1.83. The fourth-order valence-corrected chi connectivity index (χ4v) is 4.04. The Bertz CT molecular complexity index is 1330.